The number of benzene rings is 7. The van der Waals surface area contributed by atoms with Crippen LogP contribution in [0.25, 0.3) is 44.5 Å². The van der Waals surface area contributed by atoms with Crippen LogP contribution in [0, 0.1) is 0 Å². The Morgan fingerprint density at radius 2 is 0.837 bits per heavy atom. The van der Waals surface area contributed by atoms with E-state index in [-0.39, 0.29) is 5.41 Å². The van der Waals surface area contributed by atoms with Gasteiger partial charge in [-0.3, -0.25) is 0 Å². The summed E-state index contributed by atoms with van der Waals surface area (Å²) in [6, 6.07) is 64.8. The summed E-state index contributed by atoms with van der Waals surface area (Å²) in [5.74, 6) is 0. The van der Waals surface area contributed by atoms with Gasteiger partial charge in [0.25, 0.3) is 0 Å². The number of fused-ring (bicyclic) bond motifs is 5. The average molecular weight is 630 g/mol. The lowest BCUT2D eigenvalue weighted by Gasteiger charge is -2.36. The topological polar surface area (TPSA) is 3.24 Å². The van der Waals surface area contributed by atoms with Crippen molar-refractivity contribution in [1.29, 1.82) is 0 Å². The Morgan fingerprint density at radius 1 is 0.347 bits per heavy atom. The zero-order valence-corrected chi connectivity index (χ0v) is 27.7. The molecule has 2 aliphatic carbocycles. The van der Waals surface area contributed by atoms with Gasteiger partial charge in [-0.25, -0.2) is 0 Å². The van der Waals surface area contributed by atoms with E-state index in [0.717, 1.165) is 5.69 Å². The van der Waals surface area contributed by atoms with Gasteiger partial charge < -0.3 is 4.90 Å². The smallest absolute Gasteiger partial charge is 0.0540 e. The highest BCUT2D eigenvalue weighted by molar-refractivity contribution is 5.91. The Kier molecular flexibility index (Phi) is 7.47. The van der Waals surface area contributed by atoms with Gasteiger partial charge in [-0.15, -0.1) is 0 Å². The molecule has 236 valence electrons. The monoisotopic (exact) mass is 629 g/mol. The average Bonchev–Trinajstić information content (AvgIpc) is 3.44. The molecule has 0 N–H and O–H groups in total. The fourth-order valence-corrected chi connectivity index (χ4v) is 8.52. The van der Waals surface area contributed by atoms with E-state index in [9.17, 15) is 0 Å². The molecule has 7 aromatic carbocycles. The Bertz CT molecular complexity index is 2230. The highest BCUT2D eigenvalue weighted by Crippen LogP contribution is 2.57. The van der Waals surface area contributed by atoms with Crippen LogP contribution in [0.5, 0.6) is 0 Å². The Hall–Kier alpha value is -5.66. The molecule has 0 saturated heterocycles. The summed E-state index contributed by atoms with van der Waals surface area (Å²) in [6.45, 7) is 0. The first kappa shape index (κ1) is 29.5. The van der Waals surface area contributed by atoms with Crippen molar-refractivity contribution in [3.8, 4) is 44.5 Å². The number of hydrogen-bond donors (Lipinski definition) is 0. The van der Waals surface area contributed by atoms with E-state index >= 15 is 0 Å². The standard InChI is InChI=1S/C48H39N/c1-4-14-35(15-5-1)37-22-24-39(25-23-37)42-18-9-11-21-47(42)49(40-28-26-38(27-29-40)36-16-6-2-7-17-36)41-30-31-44-43-19-8-10-20-45(43)48(46(44)34-41)32-12-3-13-33-48/h1-2,4-11,14-31,34H,3,12-13,32-33H2. The Morgan fingerprint density at radius 3 is 1.51 bits per heavy atom. The van der Waals surface area contributed by atoms with Crippen LogP contribution in [-0.2, 0) is 5.41 Å². The maximum Gasteiger partial charge on any atom is 0.0540 e. The van der Waals surface area contributed by atoms with Crippen molar-refractivity contribution < 1.29 is 0 Å². The van der Waals surface area contributed by atoms with Crippen LogP contribution in [0.1, 0.15) is 43.2 Å². The van der Waals surface area contributed by atoms with Crippen molar-refractivity contribution in [1.82, 2.24) is 0 Å². The summed E-state index contributed by atoms with van der Waals surface area (Å²) in [5.41, 5.74) is 16.8. The summed E-state index contributed by atoms with van der Waals surface area (Å²) < 4.78 is 0. The van der Waals surface area contributed by atoms with Gasteiger partial charge in [0, 0.05) is 22.4 Å². The van der Waals surface area contributed by atoms with E-state index < -0.39 is 0 Å². The largest absolute Gasteiger partial charge is 0.310 e. The first-order valence-corrected chi connectivity index (χ1v) is 17.7. The molecule has 0 heterocycles. The Balaban J connectivity index is 1.20. The fraction of sp³-hybridized carbons (Fsp3) is 0.125. The molecule has 1 nitrogen and oxygen atoms in total. The summed E-state index contributed by atoms with van der Waals surface area (Å²) in [7, 11) is 0. The molecule has 0 amide bonds. The molecule has 0 radical (unpaired) electrons. The lowest BCUT2D eigenvalue weighted by atomic mass is 9.68. The summed E-state index contributed by atoms with van der Waals surface area (Å²) in [5, 5.41) is 0. The van der Waals surface area contributed by atoms with Crippen LogP contribution in [0.2, 0.25) is 0 Å². The van der Waals surface area contributed by atoms with Crippen LogP contribution < -0.4 is 4.90 Å². The van der Waals surface area contributed by atoms with Gasteiger partial charge in [0.2, 0.25) is 0 Å². The van der Waals surface area contributed by atoms with Crippen molar-refractivity contribution in [2.45, 2.75) is 37.5 Å². The quantitative estimate of drug-likeness (QED) is 0.177. The van der Waals surface area contributed by atoms with Crippen molar-refractivity contribution in [2.24, 2.45) is 0 Å². The molecule has 2 aliphatic rings. The van der Waals surface area contributed by atoms with Crippen LogP contribution >= 0.6 is 0 Å². The highest BCUT2D eigenvalue weighted by Gasteiger charge is 2.43. The van der Waals surface area contributed by atoms with E-state index in [1.807, 2.05) is 0 Å². The number of para-hydroxylation sites is 1. The van der Waals surface area contributed by atoms with Gasteiger partial charge in [-0.05, 0) is 93.2 Å². The highest BCUT2D eigenvalue weighted by atomic mass is 15.1. The van der Waals surface area contributed by atoms with E-state index in [2.05, 4.69) is 181 Å². The minimum atomic E-state index is 0.0931. The van der Waals surface area contributed by atoms with E-state index in [4.69, 9.17) is 0 Å². The molecule has 1 saturated carbocycles. The third-order valence-electron chi connectivity index (χ3n) is 10.9. The SMILES string of the molecule is c1ccc(-c2ccc(-c3ccccc3N(c3ccc(-c4ccccc4)cc3)c3ccc4c(c3)C3(CCCCC3)c3ccccc3-4)cc2)cc1. The van der Waals surface area contributed by atoms with Gasteiger partial charge in [-0.2, -0.15) is 0 Å². The van der Waals surface area contributed by atoms with Gasteiger partial charge in [0.1, 0.15) is 0 Å². The molecule has 1 heteroatoms. The lowest BCUT2D eigenvalue weighted by Crippen LogP contribution is -2.28. The molecule has 0 bridgehead atoms. The molecule has 0 aromatic heterocycles. The molecular formula is C48H39N. The molecule has 1 fully saturated rings. The second-order valence-corrected chi connectivity index (χ2v) is 13.6. The van der Waals surface area contributed by atoms with E-state index in [1.54, 1.807) is 0 Å². The minimum absolute atomic E-state index is 0.0931. The third-order valence-corrected chi connectivity index (χ3v) is 10.9. The normalized spacial score (nSPS) is 14.3. The molecule has 9 rings (SSSR count). The number of rotatable bonds is 6. The molecule has 0 aliphatic heterocycles. The van der Waals surface area contributed by atoms with Crippen LogP contribution in [-0.4, -0.2) is 0 Å². The molecule has 1 spiro atoms. The van der Waals surface area contributed by atoms with Crippen molar-refractivity contribution in [3.63, 3.8) is 0 Å². The zero-order chi connectivity index (χ0) is 32.6. The molecular weight excluding hydrogens is 591 g/mol. The second-order valence-electron chi connectivity index (χ2n) is 13.6. The molecule has 7 aromatic rings. The number of hydrogen-bond acceptors (Lipinski definition) is 1. The Labute approximate surface area is 290 Å². The number of nitrogens with zero attached hydrogens (tertiary/aromatic N) is 1. The minimum Gasteiger partial charge on any atom is -0.310 e. The second kappa shape index (κ2) is 12.4. The van der Waals surface area contributed by atoms with E-state index in [0.29, 0.717) is 0 Å². The van der Waals surface area contributed by atoms with Gasteiger partial charge in [-0.1, -0.05) is 165 Å². The predicted octanol–water partition coefficient (Wildman–Crippen LogP) is 13.4. The van der Waals surface area contributed by atoms with Crippen molar-refractivity contribution in [2.75, 3.05) is 4.90 Å². The lowest BCUT2D eigenvalue weighted by molar-refractivity contribution is 0.353. The summed E-state index contributed by atoms with van der Waals surface area (Å²) in [4.78, 5) is 2.48. The fourth-order valence-electron chi connectivity index (χ4n) is 8.52. The van der Waals surface area contributed by atoms with Gasteiger partial charge >= 0.3 is 0 Å². The van der Waals surface area contributed by atoms with Gasteiger partial charge in [0.15, 0.2) is 0 Å². The summed E-state index contributed by atoms with van der Waals surface area (Å²) in [6.07, 6.45) is 6.33. The van der Waals surface area contributed by atoms with Crippen LogP contribution in [0.4, 0.5) is 17.1 Å². The maximum atomic E-state index is 2.53. The molecule has 0 unspecified atom stereocenters. The van der Waals surface area contributed by atoms with Crippen LogP contribution in [0.15, 0.2) is 176 Å². The summed E-state index contributed by atoms with van der Waals surface area (Å²) >= 11 is 0. The van der Waals surface area contributed by atoms with Gasteiger partial charge in [0.05, 0.1) is 5.69 Å². The van der Waals surface area contributed by atoms with Crippen LogP contribution in [0.3, 0.4) is 0 Å². The van der Waals surface area contributed by atoms with Crippen molar-refractivity contribution in [3.05, 3.63) is 187 Å². The molecule has 0 atom stereocenters. The third kappa shape index (κ3) is 5.18. The predicted molar refractivity (Wildman–Crippen MR) is 207 cm³/mol. The van der Waals surface area contributed by atoms with Crippen molar-refractivity contribution >= 4 is 17.1 Å². The maximum absolute atomic E-state index is 2.53. The zero-order valence-electron chi connectivity index (χ0n) is 27.7. The first-order chi connectivity index (χ1) is 24.3. The molecule has 49 heavy (non-hydrogen) atoms. The number of anilines is 3. The van der Waals surface area contributed by atoms with E-state index in [1.165, 1.54) is 99.1 Å². The first-order valence-electron chi connectivity index (χ1n) is 17.7.